The second kappa shape index (κ2) is 2.88. The van der Waals surface area contributed by atoms with Crippen molar-refractivity contribution >= 4 is 0 Å². The van der Waals surface area contributed by atoms with Crippen molar-refractivity contribution in [2.75, 3.05) is 0 Å². The molecule has 1 aromatic rings. The van der Waals surface area contributed by atoms with Crippen LogP contribution in [0, 0.1) is 0 Å². The SMILES string of the molecule is N[C@@H]1CCc2ccccc2[C@H]1N. The number of hydrogen-bond acceptors (Lipinski definition) is 2. The zero-order valence-electron chi connectivity index (χ0n) is 7.03. The summed E-state index contributed by atoms with van der Waals surface area (Å²) in [5.74, 6) is 0. The van der Waals surface area contributed by atoms with Gasteiger partial charge in [-0.25, -0.2) is 0 Å². The molecule has 4 N–H and O–H groups in total. The Hall–Kier alpha value is -0.860. The second-order valence-electron chi connectivity index (χ2n) is 3.43. The Morgan fingerprint density at radius 2 is 1.92 bits per heavy atom. The molecule has 0 saturated heterocycles. The van der Waals surface area contributed by atoms with Crippen LogP contribution in [0.25, 0.3) is 0 Å². The van der Waals surface area contributed by atoms with Crippen LogP contribution in [0.1, 0.15) is 23.6 Å². The monoisotopic (exact) mass is 162 g/mol. The third-order valence-electron chi connectivity index (χ3n) is 2.62. The van der Waals surface area contributed by atoms with Crippen molar-refractivity contribution in [1.82, 2.24) is 0 Å². The van der Waals surface area contributed by atoms with Crippen LogP contribution in [-0.2, 0) is 6.42 Å². The molecule has 2 atom stereocenters. The summed E-state index contributed by atoms with van der Waals surface area (Å²) in [5, 5.41) is 0. The fourth-order valence-electron chi connectivity index (χ4n) is 1.82. The van der Waals surface area contributed by atoms with Crippen LogP contribution in [0.5, 0.6) is 0 Å². The van der Waals surface area contributed by atoms with Gasteiger partial charge in [-0.3, -0.25) is 0 Å². The minimum atomic E-state index is 0.0370. The Balaban J connectivity index is 2.42. The van der Waals surface area contributed by atoms with Gasteiger partial charge in [-0.15, -0.1) is 0 Å². The van der Waals surface area contributed by atoms with Gasteiger partial charge >= 0.3 is 0 Å². The summed E-state index contributed by atoms with van der Waals surface area (Å²) in [6.07, 6.45) is 2.09. The van der Waals surface area contributed by atoms with E-state index >= 15 is 0 Å². The molecule has 0 spiro atoms. The molecule has 64 valence electrons. The standard InChI is InChI=1S/C10H14N2/c11-9-6-5-7-3-1-2-4-8(7)10(9)12/h1-4,9-10H,5-6,11-12H2/t9-,10-/m1/s1. The molecule has 0 amide bonds. The van der Waals surface area contributed by atoms with Gasteiger partial charge in [0.05, 0.1) is 0 Å². The summed E-state index contributed by atoms with van der Waals surface area (Å²) < 4.78 is 0. The average Bonchev–Trinajstić information content (AvgIpc) is 2.12. The van der Waals surface area contributed by atoms with E-state index in [0.717, 1.165) is 12.8 Å². The fourth-order valence-corrected chi connectivity index (χ4v) is 1.82. The number of hydrogen-bond donors (Lipinski definition) is 2. The Morgan fingerprint density at radius 3 is 2.75 bits per heavy atom. The highest BCUT2D eigenvalue weighted by molar-refractivity contribution is 5.33. The zero-order valence-corrected chi connectivity index (χ0v) is 7.03. The van der Waals surface area contributed by atoms with E-state index in [-0.39, 0.29) is 12.1 Å². The zero-order chi connectivity index (χ0) is 8.55. The van der Waals surface area contributed by atoms with E-state index in [1.807, 2.05) is 6.07 Å². The van der Waals surface area contributed by atoms with E-state index in [1.165, 1.54) is 11.1 Å². The van der Waals surface area contributed by atoms with Crippen molar-refractivity contribution in [2.45, 2.75) is 24.9 Å². The lowest BCUT2D eigenvalue weighted by atomic mass is 9.85. The van der Waals surface area contributed by atoms with E-state index in [4.69, 9.17) is 11.5 Å². The van der Waals surface area contributed by atoms with Gasteiger partial charge in [-0.05, 0) is 24.0 Å². The maximum atomic E-state index is 5.96. The molecule has 12 heavy (non-hydrogen) atoms. The van der Waals surface area contributed by atoms with E-state index in [9.17, 15) is 0 Å². The third-order valence-corrected chi connectivity index (χ3v) is 2.62. The quantitative estimate of drug-likeness (QED) is 0.597. The number of benzene rings is 1. The topological polar surface area (TPSA) is 52.0 Å². The average molecular weight is 162 g/mol. The highest BCUT2D eigenvalue weighted by Gasteiger charge is 2.22. The largest absolute Gasteiger partial charge is 0.326 e. The van der Waals surface area contributed by atoms with Crippen LogP contribution in [-0.4, -0.2) is 6.04 Å². The summed E-state index contributed by atoms with van der Waals surface area (Å²) in [7, 11) is 0. The molecule has 2 nitrogen and oxygen atoms in total. The van der Waals surface area contributed by atoms with E-state index in [0.29, 0.717) is 0 Å². The molecule has 0 bridgehead atoms. The number of aryl methyl sites for hydroxylation is 1. The molecule has 0 fully saturated rings. The first-order valence-corrected chi connectivity index (χ1v) is 4.38. The number of rotatable bonds is 0. The summed E-state index contributed by atoms with van der Waals surface area (Å²) in [5.41, 5.74) is 14.4. The van der Waals surface area contributed by atoms with Crippen molar-refractivity contribution in [3.05, 3.63) is 35.4 Å². The van der Waals surface area contributed by atoms with Gasteiger partial charge < -0.3 is 11.5 Å². The number of nitrogens with two attached hydrogens (primary N) is 2. The first-order valence-electron chi connectivity index (χ1n) is 4.38. The molecule has 1 aliphatic carbocycles. The molecule has 0 aromatic heterocycles. The molecular weight excluding hydrogens is 148 g/mol. The van der Waals surface area contributed by atoms with Gasteiger partial charge in [0.2, 0.25) is 0 Å². The molecule has 0 aliphatic heterocycles. The van der Waals surface area contributed by atoms with Crippen LogP contribution >= 0.6 is 0 Å². The molecular formula is C10H14N2. The summed E-state index contributed by atoms with van der Waals surface area (Å²) in [6, 6.07) is 8.48. The minimum Gasteiger partial charge on any atom is -0.326 e. The maximum absolute atomic E-state index is 5.96. The van der Waals surface area contributed by atoms with Crippen molar-refractivity contribution in [3.63, 3.8) is 0 Å². The van der Waals surface area contributed by atoms with Gasteiger partial charge in [-0.1, -0.05) is 24.3 Å². The van der Waals surface area contributed by atoms with Crippen molar-refractivity contribution in [2.24, 2.45) is 11.5 Å². The van der Waals surface area contributed by atoms with Crippen LogP contribution in [0.2, 0.25) is 0 Å². The molecule has 0 saturated carbocycles. The van der Waals surface area contributed by atoms with Crippen molar-refractivity contribution in [1.29, 1.82) is 0 Å². The van der Waals surface area contributed by atoms with Gasteiger partial charge in [0, 0.05) is 12.1 Å². The van der Waals surface area contributed by atoms with Crippen LogP contribution in [0.3, 0.4) is 0 Å². The first kappa shape index (κ1) is 7.77. The molecule has 2 rings (SSSR count). The van der Waals surface area contributed by atoms with E-state index in [1.54, 1.807) is 0 Å². The van der Waals surface area contributed by atoms with Gasteiger partial charge in [0.15, 0.2) is 0 Å². The maximum Gasteiger partial charge on any atom is 0.0451 e. The van der Waals surface area contributed by atoms with E-state index in [2.05, 4.69) is 18.2 Å². The third kappa shape index (κ3) is 1.13. The Kier molecular flexibility index (Phi) is 1.87. The summed E-state index contributed by atoms with van der Waals surface area (Å²) >= 11 is 0. The van der Waals surface area contributed by atoms with Crippen LogP contribution in [0.4, 0.5) is 0 Å². The molecule has 0 unspecified atom stereocenters. The van der Waals surface area contributed by atoms with Gasteiger partial charge in [0.25, 0.3) is 0 Å². The minimum absolute atomic E-state index is 0.0370. The molecule has 1 aliphatic rings. The first-order chi connectivity index (χ1) is 5.79. The van der Waals surface area contributed by atoms with Gasteiger partial charge in [0.1, 0.15) is 0 Å². The number of fused-ring (bicyclic) bond motifs is 1. The predicted molar refractivity (Wildman–Crippen MR) is 49.7 cm³/mol. The lowest BCUT2D eigenvalue weighted by Crippen LogP contribution is -2.37. The van der Waals surface area contributed by atoms with Gasteiger partial charge in [-0.2, -0.15) is 0 Å². The van der Waals surface area contributed by atoms with Crippen LogP contribution < -0.4 is 11.5 Å². The second-order valence-corrected chi connectivity index (χ2v) is 3.43. The lowest BCUT2D eigenvalue weighted by Gasteiger charge is -2.27. The Labute approximate surface area is 72.6 Å². The molecule has 0 heterocycles. The van der Waals surface area contributed by atoms with Crippen molar-refractivity contribution < 1.29 is 0 Å². The molecule has 1 aromatic carbocycles. The highest BCUT2D eigenvalue weighted by Crippen LogP contribution is 2.26. The summed E-state index contributed by atoms with van der Waals surface area (Å²) in [6.45, 7) is 0. The molecule has 2 heteroatoms. The Bertz CT molecular complexity index is 283. The molecule has 0 radical (unpaired) electrons. The van der Waals surface area contributed by atoms with Crippen molar-refractivity contribution in [3.8, 4) is 0 Å². The smallest absolute Gasteiger partial charge is 0.0451 e. The summed E-state index contributed by atoms with van der Waals surface area (Å²) in [4.78, 5) is 0. The predicted octanol–water partition coefficient (Wildman–Crippen LogP) is 0.960. The lowest BCUT2D eigenvalue weighted by molar-refractivity contribution is 0.481. The fraction of sp³-hybridized carbons (Fsp3) is 0.400. The van der Waals surface area contributed by atoms with Crippen LogP contribution in [0.15, 0.2) is 24.3 Å². The normalized spacial score (nSPS) is 28.2. The Morgan fingerprint density at radius 1 is 1.17 bits per heavy atom. The van der Waals surface area contributed by atoms with E-state index < -0.39 is 0 Å². The highest BCUT2D eigenvalue weighted by atomic mass is 14.8.